The fourth-order valence-corrected chi connectivity index (χ4v) is 7.41. The lowest BCUT2D eigenvalue weighted by atomic mass is 10.1. The fourth-order valence-electron chi connectivity index (χ4n) is 2.45. The van der Waals surface area contributed by atoms with E-state index in [2.05, 4.69) is 153 Å². The van der Waals surface area contributed by atoms with Crippen LogP contribution in [0.3, 0.4) is 0 Å². The highest BCUT2D eigenvalue weighted by Crippen LogP contribution is 2.43. The number of halogens is 8. The minimum Gasteiger partial charge on any atom is -0.373 e. The van der Waals surface area contributed by atoms with Gasteiger partial charge in [0.05, 0.1) is 13.2 Å². The standard InChI is InChI=1S/C20H14Br8O/c1-9-11(15(23)19(27)17(25)13(9)21)5-3-7-29-8-4-6-12-10(2)14(22)18(26)20(28)16(12)24/h3-6H,7-8H2,1-2H3. The summed E-state index contributed by atoms with van der Waals surface area (Å²) in [6.07, 6.45) is 8.16. The molecule has 0 fully saturated rings. The molecule has 0 saturated heterocycles. The van der Waals surface area contributed by atoms with Gasteiger partial charge in [-0.05, 0) is 164 Å². The van der Waals surface area contributed by atoms with Gasteiger partial charge in [0.15, 0.2) is 0 Å². The molecule has 0 aliphatic heterocycles. The lowest BCUT2D eigenvalue weighted by molar-refractivity contribution is 0.195. The summed E-state index contributed by atoms with van der Waals surface area (Å²) in [7, 11) is 0. The van der Waals surface area contributed by atoms with E-state index in [-0.39, 0.29) is 0 Å². The number of hydrogen-bond acceptors (Lipinski definition) is 1. The van der Waals surface area contributed by atoms with Crippen molar-refractivity contribution in [2.45, 2.75) is 13.8 Å². The van der Waals surface area contributed by atoms with Crippen LogP contribution in [0.5, 0.6) is 0 Å². The summed E-state index contributed by atoms with van der Waals surface area (Å²) >= 11 is 28.9. The predicted octanol–water partition coefficient (Wildman–Crippen LogP) is 11.1. The summed E-state index contributed by atoms with van der Waals surface area (Å²) in [5, 5.41) is 0. The normalized spacial score (nSPS) is 11.9. The second-order valence-corrected chi connectivity index (χ2v) is 12.3. The van der Waals surface area contributed by atoms with Gasteiger partial charge in [0.1, 0.15) is 0 Å². The maximum Gasteiger partial charge on any atom is 0.0655 e. The summed E-state index contributed by atoms with van der Waals surface area (Å²) in [6.45, 7) is 5.19. The van der Waals surface area contributed by atoms with Crippen molar-refractivity contribution in [2.75, 3.05) is 13.2 Å². The first-order valence-corrected chi connectivity index (χ1v) is 14.5. The molecule has 0 radical (unpaired) electrons. The molecule has 0 aromatic heterocycles. The van der Waals surface area contributed by atoms with E-state index in [4.69, 9.17) is 4.74 Å². The Hall–Kier alpha value is 1.72. The average molecular weight is 910 g/mol. The molecule has 0 aliphatic rings. The van der Waals surface area contributed by atoms with E-state index < -0.39 is 0 Å². The summed E-state index contributed by atoms with van der Waals surface area (Å²) in [6, 6.07) is 0. The van der Waals surface area contributed by atoms with Gasteiger partial charge in [-0.3, -0.25) is 0 Å². The van der Waals surface area contributed by atoms with Crippen molar-refractivity contribution in [1.29, 1.82) is 0 Å². The van der Waals surface area contributed by atoms with Crippen LogP contribution in [0.15, 0.2) is 47.9 Å². The molecule has 0 spiro atoms. The van der Waals surface area contributed by atoms with Crippen molar-refractivity contribution in [3.63, 3.8) is 0 Å². The quantitative estimate of drug-likeness (QED) is 0.159. The molecule has 2 rings (SSSR count). The molecule has 0 heterocycles. The molecule has 156 valence electrons. The second-order valence-electron chi connectivity index (χ2n) is 5.93. The largest absolute Gasteiger partial charge is 0.373 e. The zero-order chi connectivity index (χ0) is 21.9. The third-order valence-corrected chi connectivity index (χ3v) is 14.1. The summed E-state index contributed by atoms with van der Waals surface area (Å²) in [5.41, 5.74) is 4.51. The Kier molecular flexibility index (Phi) is 11.4. The van der Waals surface area contributed by atoms with Crippen LogP contribution in [-0.4, -0.2) is 13.2 Å². The van der Waals surface area contributed by atoms with Crippen molar-refractivity contribution in [2.24, 2.45) is 0 Å². The highest BCUT2D eigenvalue weighted by Gasteiger charge is 2.15. The topological polar surface area (TPSA) is 9.23 Å². The number of ether oxygens (including phenoxy) is 1. The molecule has 0 aliphatic carbocycles. The zero-order valence-electron chi connectivity index (χ0n) is 15.2. The van der Waals surface area contributed by atoms with E-state index >= 15 is 0 Å². The van der Waals surface area contributed by atoms with E-state index in [9.17, 15) is 0 Å². The van der Waals surface area contributed by atoms with Gasteiger partial charge in [-0.2, -0.15) is 0 Å². The Morgan fingerprint density at radius 1 is 0.517 bits per heavy atom. The van der Waals surface area contributed by atoms with Crippen LogP contribution in [0, 0.1) is 13.8 Å². The molecule has 1 nitrogen and oxygen atoms in total. The van der Waals surface area contributed by atoms with Crippen LogP contribution in [0.25, 0.3) is 12.2 Å². The minimum atomic E-state index is 0.523. The second kappa shape index (κ2) is 12.3. The number of hydrogen-bond donors (Lipinski definition) is 0. The van der Waals surface area contributed by atoms with Crippen molar-refractivity contribution in [1.82, 2.24) is 0 Å². The summed E-state index contributed by atoms with van der Waals surface area (Å²) in [5.74, 6) is 0. The maximum atomic E-state index is 5.74. The van der Waals surface area contributed by atoms with Gasteiger partial charge >= 0.3 is 0 Å². The smallest absolute Gasteiger partial charge is 0.0655 e. The Labute approximate surface area is 238 Å². The third-order valence-electron chi connectivity index (χ3n) is 4.09. The number of benzene rings is 2. The molecule has 2 aromatic rings. The molecule has 29 heavy (non-hydrogen) atoms. The van der Waals surface area contributed by atoms with Crippen LogP contribution < -0.4 is 0 Å². The minimum absolute atomic E-state index is 0.523. The Balaban J connectivity index is 2.02. The third kappa shape index (κ3) is 6.40. The predicted molar refractivity (Wildman–Crippen MR) is 153 cm³/mol. The van der Waals surface area contributed by atoms with Crippen molar-refractivity contribution in [3.05, 3.63) is 70.2 Å². The monoisotopic (exact) mass is 901 g/mol. The molecule has 0 N–H and O–H groups in total. The first kappa shape index (κ1) is 27.0. The van der Waals surface area contributed by atoms with Gasteiger partial charge in [0.25, 0.3) is 0 Å². The number of rotatable bonds is 6. The molecule has 2 aromatic carbocycles. The van der Waals surface area contributed by atoms with Crippen LogP contribution in [0.1, 0.15) is 22.3 Å². The van der Waals surface area contributed by atoms with E-state index in [1.807, 2.05) is 12.2 Å². The average Bonchev–Trinajstić information content (AvgIpc) is 2.71. The van der Waals surface area contributed by atoms with Gasteiger partial charge < -0.3 is 4.74 Å². The lowest BCUT2D eigenvalue weighted by Gasteiger charge is -2.12. The maximum absolute atomic E-state index is 5.74. The summed E-state index contributed by atoms with van der Waals surface area (Å²) in [4.78, 5) is 0. The molecule has 0 saturated carbocycles. The van der Waals surface area contributed by atoms with E-state index in [1.54, 1.807) is 0 Å². The molecular formula is C20H14Br8O. The van der Waals surface area contributed by atoms with Gasteiger partial charge in [-0.1, -0.05) is 24.3 Å². The van der Waals surface area contributed by atoms with Crippen LogP contribution in [0.2, 0.25) is 0 Å². The lowest BCUT2D eigenvalue weighted by Crippen LogP contribution is -1.93. The molecule has 0 amide bonds. The summed E-state index contributed by atoms with van der Waals surface area (Å²) < 4.78 is 13.8. The van der Waals surface area contributed by atoms with E-state index in [0.717, 1.165) is 58.0 Å². The van der Waals surface area contributed by atoms with E-state index in [1.165, 1.54) is 0 Å². The van der Waals surface area contributed by atoms with Gasteiger partial charge in [-0.25, -0.2) is 0 Å². The van der Waals surface area contributed by atoms with Crippen molar-refractivity contribution < 1.29 is 4.74 Å². The fraction of sp³-hybridized carbons (Fsp3) is 0.200. The zero-order valence-corrected chi connectivity index (χ0v) is 27.8. The highest BCUT2D eigenvalue weighted by molar-refractivity contribution is 9.15. The molecule has 9 heteroatoms. The Bertz CT molecular complexity index is 857. The van der Waals surface area contributed by atoms with Gasteiger partial charge in [0.2, 0.25) is 0 Å². The molecular weight excluding hydrogens is 895 g/mol. The van der Waals surface area contributed by atoms with Crippen LogP contribution in [0.4, 0.5) is 0 Å². The van der Waals surface area contributed by atoms with Gasteiger partial charge in [0, 0.05) is 35.8 Å². The van der Waals surface area contributed by atoms with Crippen molar-refractivity contribution >= 4 is 140 Å². The van der Waals surface area contributed by atoms with Crippen molar-refractivity contribution in [3.8, 4) is 0 Å². The first-order chi connectivity index (χ1) is 13.6. The highest BCUT2D eigenvalue weighted by atomic mass is 79.9. The molecule has 0 bridgehead atoms. The first-order valence-electron chi connectivity index (χ1n) is 8.15. The Morgan fingerprint density at radius 3 is 1.17 bits per heavy atom. The van der Waals surface area contributed by atoms with Gasteiger partial charge in [-0.15, -0.1) is 0 Å². The van der Waals surface area contributed by atoms with E-state index in [0.29, 0.717) is 13.2 Å². The molecule has 0 unspecified atom stereocenters. The SMILES string of the molecule is Cc1c(Br)c(Br)c(Br)c(Br)c1C=CCOCC=Cc1c(C)c(Br)c(Br)c(Br)c1Br. The van der Waals surface area contributed by atoms with Crippen LogP contribution >= 0.6 is 127 Å². The van der Waals surface area contributed by atoms with Crippen LogP contribution in [-0.2, 0) is 4.74 Å². The Morgan fingerprint density at radius 2 is 0.828 bits per heavy atom. The molecule has 0 atom stereocenters.